The number of rotatable bonds is 2. The van der Waals surface area contributed by atoms with E-state index in [0.29, 0.717) is 11.5 Å². The smallest absolute Gasteiger partial charge is 0.275 e. The van der Waals surface area contributed by atoms with Crippen LogP contribution in [0.15, 0.2) is 30.6 Å². The molecule has 0 fully saturated rings. The second-order valence-corrected chi connectivity index (χ2v) is 3.67. The van der Waals surface area contributed by atoms with Crippen molar-refractivity contribution in [1.82, 2.24) is 15.0 Å². The second kappa shape index (κ2) is 4.88. The molecule has 0 unspecified atom stereocenters. The van der Waals surface area contributed by atoms with E-state index in [2.05, 4.69) is 20.3 Å². The van der Waals surface area contributed by atoms with Crippen LogP contribution in [0.3, 0.4) is 0 Å². The summed E-state index contributed by atoms with van der Waals surface area (Å²) in [6.07, 6.45) is 3.03. The summed E-state index contributed by atoms with van der Waals surface area (Å²) in [4.78, 5) is 23.5. The molecule has 5 nitrogen and oxygen atoms in total. The fourth-order valence-electron chi connectivity index (χ4n) is 1.30. The first kappa shape index (κ1) is 11.5. The van der Waals surface area contributed by atoms with Crippen molar-refractivity contribution >= 4 is 23.3 Å². The predicted molar refractivity (Wildman–Crippen MR) is 64.0 cm³/mol. The Morgan fingerprint density at radius 2 is 2.12 bits per heavy atom. The molecule has 0 aliphatic carbocycles. The molecule has 2 rings (SSSR count). The van der Waals surface area contributed by atoms with Gasteiger partial charge in [0.25, 0.3) is 5.91 Å². The van der Waals surface area contributed by atoms with E-state index in [4.69, 9.17) is 11.6 Å². The zero-order chi connectivity index (χ0) is 12.3. The average molecular weight is 249 g/mol. The highest BCUT2D eigenvalue weighted by atomic mass is 35.5. The largest absolute Gasteiger partial charge is 0.305 e. The van der Waals surface area contributed by atoms with Crippen LogP contribution in [-0.4, -0.2) is 20.9 Å². The molecule has 2 heterocycles. The molecular weight excluding hydrogens is 240 g/mol. The van der Waals surface area contributed by atoms with Crippen molar-refractivity contribution < 1.29 is 4.79 Å². The number of carbonyl (C=O) groups is 1. The Balaban J connectivity index is 2.20. The lowest BCUT2D eigenvalue weighted by atomic mass is 10.2. The zero-order valence-corrected chi connectivity index (χ0v) is 9.77. The molecule has 86 valence electrons. The number of amides is 1. The van der Waals surface area contributed by atoms with Gasteiger partial charge in [-0.2, -0.15) is 0 Å². The van der Waals surface area contributed by atoms with Gasteiger partial charge in [-0.3, -0.25) is 9.78 Å². The molecule has 0 aliphatic heterocycles. The van der Waals surface area contributed by atoms with Gasteiger partial charge in [0.2, 0.25) is 5.28 Å². The molecule has 0 radical (unpaired) electrons. The third kappa shape index (κ3) is 2.76. The monoisotopic (exact) mass is 248 g/mol. The maximum Gasteiger partial charge on any atom is 0.275 e. The van der Waals surface area contributed by atoms with Gasteiger partial charge in [-0.05, 0) is 36.2 Å². The number of carbonyl (C=O) groups excluding carboxylic acids is 1. The molecule has 2 aromatic rings. The third-order valence-electron chi connectivity index (χ3n) is 2.09. The molecule has 1 N–H and O–H groups in total. The van der Waals surface area contributed by atoms with Crippen LogP contribution >= 0.6 is 11.6 Å². The normalized spacial score (nSPS) is 10.0. The van der Waals surface area contributed by atoms with E-state index in [1.54, 1.807) is 18.3 Å². The summed E-state index contributed by atoms with van der Waals surface area (Å²) in [5.41, 5.74) is 1.16. The van der Waals surface area contributed by atoms with Crippen LogP contribution in [0.2, 0.25) is 5.28 Å². The van der Waals surface area contributed by atoms with Gasteiger partial charge >= 0.3 is 0 Å². The molecule has 6 heteroatoms. The second-order valence-electron chi connectivity index (χ2n) is 3.33. The van der Waals surface area contributed by atoms with Gasteiger partial charge in [0.1, 0.15) is 11.5 Å². The van der Waals surface area contributed by atoms with Gasteiger partial charge in [-0.15, -0.1) is 0 Å². The van der Waals surface area contributed by atoms with Gasteiger partial charge in [-0.25, -0.2) is 9.97 Å². The predicted octanol–water partition coefficient (Wildman–Crippen LogP) is 2.09. The van der Waals surface area contributed by atoms with Crippen LogP contribution in [0.4, 0.5) is 5.82 Å². The molecule has 2 aromatic heterocycles. The number of pyridine rings is 1. The summed E-state index contributed by atoms with van der Waals surface area (Å²) < 4.78 is 0. The topological polar surface area (TPSA) is 67.8 Å². The number of nitrogens with zero attached hydrogens (tertiary/aromatic N) is 3. The molecule has 0 bridgehead atoms. The van der Waals surface area contributed by atoms with E-state index >= 15 is 0 Å². The number of nitrogens with one attached hydrogen (secondary N) is 1. The molecule has 0 atom stereocenters. The Morgan fingerprint density at radius 1 is 1.29 bits per heavy atom. The summed E-state index contributed by atoms with van der Waals surface area (Å²) in [6.45, 7) is 1.81. The van der Waals surface area contributed by atoms with Crippen LogP contribution in [-0.2, 0) is 0 Å². The molecule has 0 saturated heterocycles. The first-order valence-corrected chi connectivity index (χ1v) is 5.26. The summed E-state index contributed by atoms with van der Waals surface area (Å²) in [5, 5.41) is 2.69. The minimum absolute atomic E-state index is 0.0838. The van der Waals surface area contributed by atoms with Crippen molar-refractivity contribution in [3.63, 3.8) is 0 Å². The summed E-state index contributed by atoms with van der Waals surface area (Å²) >= 11 is 5.62. The number of halogens is 1. The Morgan fingerprint density at radius 3 is 2.82 bits per heavy atom. The Hall–Kier alpha value is -2.01. The lowest BCUT2D eigenvalue weighted by Gasteiger charge is -2.05. The van der Waals surface area contributed by atoms with Crippen LogP contribution in [0, 0.1) is 6.92 Å². The average Bonchev–Trinajstić information content (AvgIpc) is 2.29. The van der Waals surface area contributed by atoms with Crippen LogP contribution in [0.1, 0.15) is 16.1 Å². The Labute approximate surface area is 103 Å². The molecular formula is C11H9ClN4O. The van der Waals surface area contributed by atoms with Crippen LogP contribution < -0.4 is 5.32 Å². The summed E-state index contributed by atoms with van der Waals surface area (Å²) in [5.74, 6) is 0.0259. The lowest BCUT2D eigenvalue weighted by Crippen LogP contribution is -2.16. The van der Waals surface area contributed by atoms with Crippen molar-refractivity contribution in [3.05, 3.63) is 47.1 Å². The van der Waals surface area contributed by atoms with E-state index < -0.39 is 0 Å². The Bertz CT molecular complexity index is 559. The maximum absolute atomic E-state index is 11.9. The van der Waals surface area contributed by atoms with Gasteiger partial charge in [0.05, 0.1) is 0 Å². The molecule has 0 aromatic carbocycles. The van der Waals surface area contributed by atoms with Gasteiger partial charge < -0.3 is 5.32 Å². The van der Waals surface area contributed by atoms with Crippen molar-refractivity contribution in [1.29, 1.82) is 0 Å². The molecule has 17 heavy (non-hydrogen) atoms. The number of hydrogen-bond acceptors (Lipinski definition) is 4. The Kier molecular flexibility index (Phi) is 3.30. The minimum Gasteiger partial charge on any atom is -0.305 e. The number of anilines is 1. The summed E-state index contributed by atoms with van der Waals surface area (Å²) in [7, 11) is 0. The van der Waals surface area contributed by atoms with Gasteiger partial charge in [-0.1, -0.05) is 6.07 Å². The molecule has 0 aliphatic rings. The standard InChI is InChI=1S/C11H9ClN4O/c1-7-3-2-5-13-9(7)10(17)15-8-4-6-14-11(12)16-8/h2-6H,1H3,(H,14,15,16,17). The highest BCUT2D eigenvalue weighted by molar-refractivity contribution is 6.28. The van der Waals surface area contributed by atoms with Crippen molar-refractivity contribution in [2.24, 2.45) is 0 Å². The zero-order valence-electron chi connectivity index (χ0n) is 9.01. The van der Waals surface area contributed by atoms with Gasteiger partial charge in [0.15, 0.2) is 0 Å². The number of aromatic nitrogens is 3. The van der Waals surface area contributed by atoms with E-state index in [9.17, 15) is 4.79 Å². The minimum atomic E-state index is -0.321. The van der Waals surface area contributed by atoms with E-state index in [1.807, 2.05) is 13.0 Å². The fraction of sp³-hybridized carbons (Fsp3) is 0.0909. The quantitative estimate of drug-likeness (QED) is 0.827. The molecule has 1 amide bonds. The first-order valence-electron chi connectivity index (χ1n) is 4.88. The van der Waals surface area contributed by atoms with Gasteiger partial charge in [0, 0.05) is 12.4 Å². The summed E-state index contributed by atoms with van der Waals surface area (Å²) in [6, 6.07) is 5.14. The highest BCUT2D eigenvalue weighted by Gasteiger charge is 2.10. The van der Waals surface area contributed by atoms with E-state index in [0.717, 1.165) is 5.56 Å². The van der Waals surface area contributed by atoms with Crippen molar-refractivity contribution in [3.8, 4) is 0 Å². The third-order valence-corrected chi connectivity index (χ3v) is 2.27. The van der Waals surface area contributed by atoms with Crippen LogP contribution in [0.5, 0.6) is 0 Å². The van der Waals surface area contributed by atoms with E-state index in [-0.39, 0.29) is 11.2 Å². The van der Waals surface area contributed by atoms with Crippen molar-refractivity contribution in [2.75, 3.05) is 5.32 Å². The van der Waals surface area contributed by atoms with Crippen LogP contribution in [0.25, 0.3) is 0 Å². The number of aryl methyl sites for hydroxylation is 1. The van der Waals surface area contributed by atoms with E-state index in [1.165, 1.54) is 6.20 Å². The number of hydrogen-bond donors (Lipinski definition) is 1. The van der Waals surface area contributed by atoms with Crippen molar-refractivity contribution in [2.45, 2.75) is 6.92 Å². The molecule has 0 saturated carbocycles. The highest BCUT2D eigenvalue weighted by Crippen LogP contribution is 2.09. The first-order chi connectivity index (χ1) is 8.16. The SMILES string of the molecule is Cc1cccnc1C(=O)Nc1ccnc(Cl)n1. The molecule has 0 spiro atoms. The lowest BCUT2D eigenvalue weighted by molar-refractivity contribution is 0.102. The maximum atomic E-state index is 11.9. The fourth-order valence-corrected chi connectivity index (χ4v) is 1.45.